The molecular weight excluding hydrogens is 413 g/mol. The highest BCUT2D eigenvalue weighted by Gasteiger charge is 2.30. The van der Waals surface area contributed by atoms with Gasteiger partial charge in [-0.3, -0.25) is 10.1 Å². The molecule has 3 rings (SSSR count). The maximum absolute atomic E-state index is 13.1. The van der Waals surface area contributed by atoms with Crippen molar-refractivity contribution in [1.29, 1.82) is 5.26 Å². The van der Waals surface area contributed by atoms with Crippen LogP contribution in [0.1, 0.15) is 27.4 Å². The first-order valence-electron chi connectivity index (χ1n) is 8.82. The minimum absolute atomic E-state index is 0.132. The number of hydrogen-bond donors (Lipinski definition) is 1. The van der Waals surface area contributed by atoms with Crippen molar-refractivity contribution in [2.75, 3.05) is 5.32 Å². The van der Waals surface area contributed by atoms with Crippen LogP contribution in [0.5, 0.6) is 0 Å². The van der Waals surface area contributed by atoms with Gasteiger partial charge in [0.25, 0.3) is 5.91 Å². The Labute approximate surface area is 175 Å². The Balaban J connectivity index is 1.96. The Morgan fingerprint density at radius 1 is 1.27 bits per heavy atom. The number of carbonyl (C=O) groups excluding carboxylic acids is 1. The number of alkyl halides is 3. The summed E-state index contributed by atoms with van der Waals surface area (Å²) in [6.45, 7) is 5.31. The Kier molecular flexibility index (Phi) is 5.80. The van der Waals surface area contributed by atoms with Crippen LogP contribution in [-0.2, 0) is 11.0 Å². The summed E-state index contributed by atoms with van der Waals surface area (Å²) in [4.78, 5) is 17.4. The SMILES string of the molecule is Cc1cnc(NC(=O)/C(C#N)=C\c2cc(C)n(-c3cccc(C(F)(F)F)c3)c2C)s1. The van der Waals surface area contributed by atoms with Crippen molar-refractivity contribution in [3.63, 3.8) is 0 Å². The van der Waals surface area contributed by atoms with E-state index < -0.39 is 17.6 Å². The number of rotatable bonds is 4. The molecule has 2 aromatic heterocycles. The van der Waals surface area contributed by atoms with Crippen LogP contribution in [0.25, 0.3) is 11.8 Å². The molecule has 0 aliphatic rings. The Hall–Kier alpha value is -3.38. The summed E-state index contributed by atoms with van der Waals surface area (Å²) in [5, 5.41) is 12.4. The van der Waals surface area contributed by atoms with Gasteiger partial charge >= 0.3 is 6.18 Å². The first-order chi connectivity index (χ1) is 14.1. The molecule has 1 aromatic carbocycles. The topological polar surface area (TPSA) is 70.7 Å². The fourth-order valence-corrected chi connectivity index (χ4v) is 3.69. The second-order valence-electron chi connectivity index (χ2n) is 6.61. The third-order valence-electron chi connectivity index (χ3n) is 4.41. The molecule has 0 atom stereocenters. The van der Waals surface area contributed by atoms with Crippen molar-refractivity contribution in [2.24, 2.45) is 0 Å². The zero-order valence-electron chi connectivity index (χ0n) is 16.3. The normalized spacial score (nSPS) is 12.0. The van der Waals surface area contributed by atoms with Crippen LogP contribution in [0.2, 0.25) is 0 Å². The first kappa shape index (κ1) is 21.3. The summed E-state index contributed by atoms with van der Waals surface area (Å²) in [5.41, 5.74) is 1.31. The monoisotopic (exact) mass is 430 g/mol. The molecular formula is C21H17F3N4OS. The molecule has 0 radical (unpaired) electrons. The number of nitrogens with one attached hydrogen (secondary N) is 1. The number of nitriles is 1. The van der Waals surface area contributed by atoms with E-state index in [4.69, 9.17) is 0 Å². The van der Waals surface area contributed by atoms with Crippen molar-refractivity contribution in [3.05, 3.63) is 69.5 Å². The van der Waals surface area contributed by atoms with Crippen molar-refractivity contribution in [1.82, 2.24) is 9.55 Å². The molecule has 1 amide bonds. The molecule has 0 saturated heterocycles. The molecule has 2 heterocycles. The number of carbonyl (C=O) groups is 1. The lowest BCUT2D eigenvalue weighted by atomic mass is 10.1. The van der Waals surface area contributed by atoms with Gasteiger partial charge in [0.05, 0.1) is 5.56 Å². The lowest BCUT2D eigenvalue weighted by Gasteiger charge is -2.13. The van der Waals surface area contributed by atoms with E-state index in [9.17, 15) is 23.2 Å². The third kappa shape index (κ3) is 4.44. The molecule has 0 aliphatic heterocycles. The largest absolute Gasteiger partial charge is 0.416 e. The first-order valence-corrected chi connectivity index (χ1v) is 9.64. The summed E-state index contributed by atoms with van der Waals surface area (Å²) in [7, 11) is 0. The maximum Gasteiger partial charge on any atom is 0.416 e. The number of thiazole rings is 1. The quantitative estimate of drug-likeness (QED) is 0.444. The van der Waals surface area contributed by atoms with Gasteiger partial charge in [-0.05, 0) is 56.7 Å². The molecule has 154 valence electrons. The molecule has 9 heteroatoms. The van der Waals surface area contributed by atoms with Crippen molar-refractivity contribution < 1.29 is 18.0 Å². The Morgan fingerprint density at radius 3 is 2.60 bits per heavy atom. The van der Waals surface area contributed by atoms with E-state index in [0.717, 1.165) is 17.0 Å². The number of aryl methyl sites for hydroxylation is 2. The van der Waals surface area contributed by atoms with E-state index in [2.05, 4.69) is 10.3 Å². The predicted octanol–water partition coefficient (Wildman–Crippen LogP) is 5.42. The average Bonchev–Trinajstić information content (AvgIpc) is 3.21. The molecule has 0 unspecified atom stereocenters. The zero-order chi connectivity index (χ0) is 22.1. The number of amides is 1. The smallest absolute Gasteiger partial charge is 0.318 e. The van der Waals surface area contributed by atoms with Gasteiger partial charge in [0.2, 0.25) is 0 Å². The minimum atomic E-state index is -4.45. The van der Waals surface area contributed by atoms with Crippen LogP contribution in [0.4, 0.5) is 18.3 Å². The summed E-state index contributed by atoms with van der Waals surface area (Å²) in [6.07, 6.45) is -1.42. The van der Waals surface area contributed by atoms with Crippen LogP contribution in [0.15, 0.2) is 42.1 Å². The van der Waals surface area contributed by atoms with E-state index in [1.165, 1.54) is 23.5 Å². The summed E-state index contributed by atoms with van der Waals surface area (Å²) in [6, 6.07) is 8.58. The maximum atomic E-state index is 13.1. The van der Waals surface area contributed by atoms with E-state index in [0.29, 0.717) is 27.8 Å². The minimum Gasteiger partial charge on any atom is -0.318 e. The number of hydrogen-bond acceptors (Lipinski definition) is 4. The molecule has 0 fully saturated rings. The van der Waals surface area contributed by atoms with Crippen molar-refractivity contribution >= 4 is 28.5 Å². The molecule has 30 heavy (non-hydrogen) atoms. The zero-order valence-corrected chi connectivity index (χ0v) is 17.1. The van der Waals surface area contributed by atoms with Crippen molar-refractivity contribution in [2.45, 2.75) is 26.9 Å². The molecule has 5 nitrogen and oxygen atoms in total. The van der Waals surface area contributed by atoms with E-state index >= 15 is 0 Å². The highest BCUT2D eigenvalue weighted by atomic mass is 32.1. The average molecular weight is 430 g/mol. The fourth-order valence-electron chi connectivity index (χ4n) is 3.03. The Morgan fingerprint density at radius 2 is 2.00 bits per heavy atom. The van der Waals surface area contributed by atoms with Crippen LogP contribution < -0.4 is 5.32 Å². The van der Waals surface area contributed by atoms with Crippen molar-refractivity contribution in [3.8, 4) is 11.8 Å². The van der Waals surface area contributed by atoms with Crippen LogP contribution in [0.3, 0.4) is 0 Å². The summed E-state index contributed by atoms with van der Waals surface area (Å²) in [5.74, 6) is -0.601. The predicted molar refractivity (Wildman–Crippen MR) is 109 cm³/mol. The van der Waals surface area contributed by atoms with Gasteiger partial charge in [-0.15, -0.1) is 11.3 Å². The summed E-state index contributed by atoms with van der Waals surface area (Å²) < 4.78 is 40.9. The third-order valence-corrected chi connectivity index (χ3v) is 5.24. The van der Waals surface area contributed by atoms with E-state index in [-0.39, 0.29) is 5.57 Å². The van der Waals surface area contributed by atoms with Gasteiger partial charge in [0, 0.05) is 28.1 Å². The summed E-state index contributed by atoms with van der Waals surface area (Å²) >= 11 is 1.28. The lowest BCUT2D eigenvalue weighted by Crippen LogP contribution is -2.13. The fraction of sp³-hybridized carbons (Fsp3) is 0.190. The van der Waals surface area contributed by atoms with Gasteiger partial charge in [0.15, 0.2) is 5.13 Å². The van der Waals surface area contributed by atoms with Gasteiger partial charge in [-0.25, -0.2) is 4.98 Å². The van der Waals surface area contributed by atoms with Crippen LogP contribution >= 0.6 is 11.3 Å². The second-order valence-corrected chi connectivity index (χ2v) is 7.84. The molecule has 0 saturated carbocycles. The molecule has 3 aromatic rings. The highest BCUT2D eigenvalue weighted by molar-refractivity contribution is 7.15. The number of anilines is 1. The van der Waals surface area contributed by atoms with Crippen LogP contribution in [0, 0.1) is 32.1 Å². The highest BCUT2D eigenvalue weighted by Crippen LogP contribution is 2.31. The molecule has 0 aliphatic carbocycles. The van der Waals surface area contributed by atoms with E-state index in [1.807, 2.05) is 13.0 Å². The van der Waals surface area contributed by atoms with Gasteiger partial charge in [0.1, 0.15) is 11.6 Å². The van der Waals surface area contributed by atoms with Crippen LogP contribution in [-0.4, -0.2) is 15.5 Å². The number of nitrogens with zero attached hydrogens (tertiary/aromatic N) is 3. The standard InChI is InChI=1S/C21H17F3N4OS/c1-12-7-15(8-16(10-25)19(29)27-20-26-11-13(2)30-20)14(3)28(12)18-6-4-5-17(9-18)21(22,23)24/h4-9,11H,1-3H3,(H,26,27,29)/b16-8-. The number of aromatic nitrogens is 2. The molecule has 0 spiro atoms. The molecule has 0 bridgehead atoms. The van der Waals surface area contributed by atoms with Gasteiger partial charge in [-0.2, -0.15) is 18.4 Å². The lowest BCUT2D eigenvalue weighted by molar-refractivity contribution is -0.137. The van der Waals surface area contributed by atoms with Gasteiger partial charge in [-0.1, -0.05) is 6.07 Å². The molecule has 1 N–H and O–H groups in total. The van der Waals surface area contributed by atoms with Gasteiger partial charge < -0.3 is 4.57 Å². The Bertz CT molecular complexity index is 1180. The second kappa shape index (κ2) is 8.16. The number of halogens is 3. The number of benzene rings is 1. The van der Waals surface area contributed by atoms with E-state index in [1.54, 1.807) is 36.7 Å².